The number of halogens is 1. The van der Waals surface area contributed by atoms with Crippen molar-refractivity contribution in [1.82, 2.24) is 23.8 Å². The summed E-state index contributed by atoms with van der Waals surface area (Å²) in [4.78, 5) is 0. The van der Waals surface area contributed by atoms with Crippen LogP contribution < -0.4 is 5.32 Å². The Labute approximate surface area is 121 Å². The van der Waals surface area contributed by atoms with Crippen molar-refractivity contribution in [3.05, 3.63) is 28.8 Å². The fraction of sp³-hybridized carbons (Fsp3) is 0.545. The van der Waals surface area contributed by atoms with Crippen LogP contribution in [0.5, 0.6) is 0 Å². The highest BCUT2D eigenvalue weighted by Gasteiger charge is 2.23. The van der Waals surface area contributed by atoms with E-state index in [4.69, 9.17) is 16.3 Å². The molecule has 0 amide bonds. The van der Waals surface area contributed by atoms with Crippen LogP contribution in [0, 0.1) is 0 Å². The lowest BCUT2D eigenvalue weighted by Gasteiger charge is -2.17. The Hall–Kier alpha value is -1.02. The summed E-state index contributed by atoms with van der Waals surface area (Å²) in [7, 11) is 1.66. The minimum absolute atomic E-state index is 0.101. The van der Waals surface area contributed by atoms with Crippen LogP contribution >= 0.6 is 23.3 Å². The van der Waals surface area contributed by atoms with Crippen molar-refractivity contribution >= 4 is 23.3 Å². The topological polar surface area (TPSA) is 64.9 Å². The zero-order valence-corrected chi connectivity index (χ0v) is 12.4. The summed E-state index contributed by atoms with van der Waals surface area (Å²) in [6, 6.07) is -0.101. The van der Waals surface area contributed by atoms with Crippen molar-refractivity contribution in [2.45, 2.75) is 19.5 Å². The number of rotatable bonds is 7. The molecule has 0 aliphatic carbocycles. The third-order valence-corrected chi connectivity index (χ3v) is 3.48. The monoisotopic (exact) mass is 301 g/mol. The van der Waals surface area contributed by atoms with E-state index in [9.17, 15) is 0 Å². The van der Waals surface area contributed by atoms with Crippen molar-refractivity contribution < 1.29 is 4.74 Å². The van der Waals surface area contributed by atoms with Gasteiger partial charge >= 0.3 is 0 Å². The molecule has 0 aliphatic heterocycles. The van der Waals surface area contributed by atoms with Gasteiger partial charge in [-0.25, -0.2) is 0 Å². The number of methoxy groups -OCH3 is 1. The van der Waals surface area contributed by atoms with Gasteiger partial charge in [-0.15, -0.1) is 0 Å². The van der Waals surface area contributed by atoms with Crippen molar-refractivity contribution in [2.75, 3.05) is 20.3 Å². The smallest absolute Gasteiger partial charge is 0.0974 e. The highest BCUT2D eigenvalue weighted by molar-refractivity contribution is 6.99. The van der Waals surface area contributed by atoms with Crippen LogP contribution in [-0.4, -0.2) is 38.8 Å². The SMILES string of the molecule is CCNC(c1cnsn1)c1c(Cl)cnn1CCOC. The molecule has 2 rings (SSSR count). The van der Waals surface area contributed by atoms with E-state index in [0.717, 1.165) is 17.9 Å². The molecule has 2 heterocycles. The molecule has 0 bridgehead atoms. The molecule has 0 fully saturated rings. The molecule has 1 unspecified atom stereocenters. The molecule has 8 heteroatoms. The number of aromatic nitrogens is 4. The molecule has 2 aromatic rings. The Morgan fingerprint density at radius 1 is 1.53 bits per heavy atom. The molecular weight excluding hydrogens is 286 g/mol. The maximum atomic E-state index is 6.26. The second-order valence-electron chi connectivity index (χ2n) is 3.92. The molecule has 0 saturated heterocycles. The first-order valence-electron chi connectivity index (χ1n) is 5.98. The van der Waals surface area contributed by atoms with Gasteiger partial charge in [-0.1, -0.05) is 18.5 Å². The predicted octanol–water partition coefficient (Wildman–Crippen LogP) is 1.73. The van der Waals surface area contributed by atoms with Gasteiger partial charge in [0.25, 0.3) is 0 Å². The Bertz CT molecular complexity index is 501. The second-order valence-corrected chi connectivity index (χ2v) is 4.88. The molecule has 0 saturated carbocycles. The van der Waals surface area contributed by atoms with Gasteiger partial charge in [-0.05, 0) is 6.54 Å². The van der Waals surface area contributed by atoms with Crippen molar-refractivity contribution in [1.29, 1.82) is 0 Å². The summed E-state index contributed by atoms with van der Waals surface area (Å²) in [6.45, 7) is 4.07. The summed E-state index contributed by atoms with van der Waals surface area (Å²) in [5.74, 6) is 0. The molecule has 1 N–H and O–H groups in total. The highest BCUT2D eigenvalue weighted by atomic mass is 35.5. The molecule has 0 radical (unpaired) electrons. The molecule has 0 spiro atoms. The molecule has 2 aromatic heterocycles. The number of hydrogen-bond acceptors (Lipinski definition) is 6. The molecule has 0 aromatic carbocycles. The van der Waals surface area contributed by atoms with Gasteiger partial charge in [0.15, 0.2) is 0 Å². The van der Waals surface area contributed by atoms with Crippen LogP contribution in [0.2, 0.25) is 5.02 Å². The summed E-state index contributed by atoms with van der Waals surface area (Å²) >= 11 is 7.45. The minimum atomic E-state index is -0.101. The summed E-state index contributed by atoms with van der Waals surface area (Å²) < 4.78 is 15.3. The molecule has 1 atom stereocenters. The van der Waals surface area contributed by atoms with Crippen molar-refractivity contribution in [3.8, 4) is 0 Å². The molecule has 104 valence electrons. The van der Waals surface area contributed by atoms with Crippen LogP contribution in [-0.2, 0) is 11.3 Å². The Kier molecular flexibility index (Phi) is 5.26. The van der Waals surface area contributed by atoms with Gasteiger partial charge in [-0.2, -0.15) is 13.8 Å². The minimum Gasteiger partial charge on any atom is -0.383 e. The lowest BCUT2D eigenvalue weighted by Crippen LogP contribution is -2.26. The van der Waals surface area contributed by atoms with E-state index >= 15 is 0 Å². The molecule has 19 heavy (non-hydrogen) atoms. The lowest BCUT2D eigenvalue weighted by molar-refractivity contribution is 0.182. The first-order valence-corrected chi connectivity index (χ1v) is 7.09. The van der Waals surface area contributed by atoms with Crippen molar-refractivity contribution in [3.63, 3.8) is 0 Å². The van der Waals surface area contributed by atoms with Gasteiger partial charge < -0.3 is 10.1 Å². The van der Waals surface area contributed by atoms with Crippen LogP contribution in [0.1, 0.15) is 24.4 Å². The molecule has 6 nitrogen and oxygen atoms in total. The zero-order chi connectivity index (χ0) is 13.7. The summed E-state index contributed by atoms with van der Waals surface area (Å²) in [6.07, 6.45) is 3.40. The second kappa shape index (κ2) is 6.95. The number of nitrogens with one attached hydrogen (secondary N) is 1. The van der Waals surface area contributed by atoms with Gasteiger partial charge in [0, 0.05) is 7.11 Å². The van der Waals surface area contributed by atoms with Gasteiger partial charge in [0.1, 0.15) is 0 Å². The van der Waals surface area contributed by atoms with Gasteiger partial charge in [-0.3, -0.25) is 4.68 Å². The van der Waals surface area contributed by atoms with E-state index in [-0.39, 0.29) is 6.04 Å². The largest absolute Gasteiger partial charge is 0.383 e. The number of ether oxygens (including phenoxy) is 1. The average Bonchev–Trinajstić information content (AvgIpc) is 3.04. The predicted molar refractivity (Wildman–Crippen MR) is 74.5 cm³/mol. The van der Waals surface area contributed by atoms with Gasteiger partial charge in [0.05, 0.1) is 59.7 Å². The highest BCUT2D eigenvalue weighted by Crippen LogP contribution is 2.27. The number of hydrogen-bond donors (Lipinski definition) is 1. The Balaban J connectivity index is 2.33. The van der Waals surface area contributed by atoms with E-state index in [1.54, 1.807) is 19.5 Å². The quantitative estimate of drug-likeness (QED) is 0.844. The van der Waals surface area contributed by atoms with E-state index in [2.05, 4.69) is 19.2 Å². The normalized spacial score (nSPS) is 12.8. The van der Waals surface area contributed by atoms with E-state index in [0.29, 0.717) is 18.2 Å². The van der Waals surface area contributed by atoms with Crippen molar-refractivity contribution in [2.24, 2.45) is 0 Å². The van der Waals surface area contributed by atoms with Crippen LogP contribution in [0.3, 0.4) is 0 Å². The standard InChI is InChI=1S/C11H16ClN5OS/c1-3-13-10(9-7-15-19-16-9)11-8(12)6-14-17(11)4-5-18-2/h6-7,10,13H,3-5H2,1-2H3. The van der Waals surface area contributed by atoms with E-state index in [1.807, 2.05) is 11.6 Å². The van der Waals surface area contributed by atoms with E-state index < -0.39 is 0 Å². The summed E-state index contributed by atoms with van der Waals surface area (Å²) in [5, 5.41) is 8.27. The van der Waals surface area contributed by atoms with Gasteiger partial charge in [0.2, 0.25) is 0 Å². The first kappa shape index (κ1) is 14.4. The number of nitrogens with zero attached hydrogens (tertiary/aromatic N) is 4. The van der Waals surface area contributed by atoms with Crippen LogP contribution in [0.4, 0.5) is 0 Å². The molecule has 0 aliphatic rings. The fourth-order valence-electron chi connectivity index (χ4n) is 1.86. The van der Waals surface area contributed by atoms with Crippen LogP contribution in [0.15, 0.2) is 12.4 Å². The lowest BCUT2D eigenvalue weighted by atomic mass is 10.1. The van der Waals surface area contributed by atoms with Crippen LogP contribution in [0.25, 0.3) is 0 Å². The first-order chi connectivity index (χ1) is 9.27. The molecular formula is C11H16ClN5OS. The zero-order valence-electron chi connectivity index (χ0n) is 10.8. The fourth-order valence-corrected chi connectivity index (χ4v) is 2.56. The Morgan fingerprint density at radius 2 is 2.37 bits per heavy atom. The summed E-state index contributed by atoms with van der Waals surface area (Å²) in [5.41, 5.74) is 1.75. The Morgan fingerprint density at radius 3 is 3.00 bits per heavy atom. The average molecular weight is 302 g/mol. The maximum Gasteiger partial charge on any atom is 0.0974 e. The van der Waals surface area contributed by atoms with E-state index in [1.165, 1.54) is 11.7 Å². The maximum absolute atomic E-state index is 6.26. The third kappa shape index (κ3) is 3.30. The third-order valence-electron chi connectivity index (χ3n) is 2.70.